The molecule has 66 valence electrons. The molecule has 0 fully saturated rings. The summed E-state index contributed by atoms with van der Waals surface area (Å²) in [6.45, 7) is 2.08. The molecule has 0 radical (unpaired) electrons. The molecule has 1 aromatic rings. The van der Waals surface area contributed by atoms with E-state index in [-0.39, 0.29) is 5.82 Å². The third-order valence-corrected chi connectivity index (χ3v) is 2.42. The number of thioether (sulfide) groups is 1. The van der Waals surface area contributed by atoms with E-state index in [1.807, 2.05) is 18.4 Å². The maximum atomic E-state index is 13.1. The number of hydrogen-bond acceptors (Lipinski definition) is 1. The van der Waals surface area contributed by atoms with E-state index in [2.05, 4.69) is 6.92 Å². The van der Waals surface area contributed by atoms with Crippen LogP contribution in [0.25, 0.3) is 0 Å². The number of aryl methyl sites for hydroxylation is 1. The quantitative estimate of drug-likeness (QED) is 0.695. The van der Waals surface area contributed by atoms with Gasteiger partial charge in [0.25, 0.3) is 0 Å². The summed E-state index contributed by atoms with van der Waals surface area (Å²) in [5, 5.41) is 0. The van der Waals surface area contributed by atoms with Gasteiger partial charge in [0.2, 0.25) is 0 Å². The van der Waals surface area contributed by atoms with Crippen molar-refractivity contribution in [3.05, 3.63) is 35.1 Å². The molecule has 1 rings (SSSR count). The Morgan fingerprint density at radius 3 is 2.75 bits per heavy atom. The Bertz CT molecular complexity index is 258. The van der Waals surface area contributed by atoms with Gasteiger partial charge in [0.05, 0.1) is 0 Å². The molecule has 2 heteroatoms. The van der Waals surface area contributed by atoms with Gasteiger partial charge >= 0.3 is 0 Å². The first-order chi connectivity index (χ1) is 5.77. The van der Waals surface area contributed by atoms with Crippen LogP contribution in [0.3, 0.4) is 0 Å². The summed E-state index contributed by atoms with van der Waals surface area (Å²) >= 11 is 1.65. The monoisotopic (exact) mass is 184 g/mol. The third kappa shape index (κ3) is 2.24. The lowest BCUT2D eigenvalue weighted by atomic mass is 10.1. The van der Waals surface area contributed by atoms with Crippen LogP contribution in [-0.2, 0) is 12.2 Å². The first-order valence-electron chi connectivity index (χ1n) is 4.04. The largest absolute Gasteiger partial charge is 0.207 e. The van der Waals surface area contributed by atoms with E-state index in [1.165, 1.54) is 5.56 Å². The molecule has 1 aromatic carbocycles. The Labute approximate surface area is 77.2 Å². The van der Waals surface area contributed by atoms with Crippen molar-refractivity contribution in [2.75, 3.05) is 6.26 Å². The Balaban J connectivity index is 2.91. The van der Waals surface area contributed by atoms with Crippen LogP contribution in [0.1, 0.15) is 18.1 Å². The van der Waals surface area contributed by atoms with Gasteiger partial charge in [-0.3, -0.25) is 0 Å². The highest BCUT2D eigenvalue weighted by Crippen LogP contribution is 2.15. The Morgan fingerprint density at radius 1 is 1.42 bits per heavy atom. The van der Waals surface area contributed by atoms with Crippen molar-refractivity contribution < 1.29 is 4.39 Å². The minimum atomic E-state index is -0.0819. The summed E-state index contributed by atoms with van der Waals surface area (Å²) in [4.78, 5) is 0. The van der Waals surface area contributed by atoms with Crippen molar-refractivity contribution in [3.8, 4) is 0 Å². The Hall–Kier alpha value is -0.500. The molecule has 0 heterocycles. The standard InChI is InChI=1S/C10H13FS/c1-3-8-4-5-10(11)9(6-8)7-12-2/h4-6H,3,7H2,1-2H3. The van der Waals surface area contributed by atoms with Crippen molar-refractivity contribution in [3.63, 3.8) is 0 Å². The van der Waals surface area contributed by atoms with Gasteiger partial charge in [-0.05, 0) is 29.9 Å². The minimum Gasteiger partial charge on any atom is -0.207 e. The fourth-order valence-corrected chi connectivity index (χ4v) is 1.65. The molecule has 0 aliphatic heterocycles. The smallest absolute Gasteiger partial charge is 0.127 e. The van der Waals surface area contributed by atoms with Crippen LogP contribution < -0.4 is 0 Å². The van der Waals surface area contributed by atoms with Crippen LogP contribution in [0.2, 0.25) is 0 Å². The minimum absolute atomic E-state index is 0.0819. The summed E-state index contributed by atoms with van der Waals surface area (Å²) in [5.41, 5.74) is 2.03. The average molecular weight is 184 g/mol. The zero-order chi connectivity index (χ0) is 8.97. The maximum Gasteiger partial charge on any atom is 0.127 e. The highest BCUT2D eigenvalue weighted by Gasteiger charge is 2.01. The normalized spacial score (nSPS) is 10.2. The van der Waals surface area contributed by atoms with Gasteiger partial charge < -0.3 is 0 Å². The van der Waals surface area contributed by atoms with Crippen molar-refractivity contribution in [1.82, 2.24) is 0 Å². The lowest BCUT2D eigenvalue weighted by Crippen LogP contribution is -1.90. The summed E-state index contributed by atoms with van der Waals surface area (Å²) in [7, 11) is 0. The molecule has 0 atom stereocenters. The molecule has 0 saturated heterocycles. The second-order valence-corrected chi connectivity index (χ2v) is 3.58. The van der Waals surface area contributed by atoms with Crippen LogP contribution >= 0.6 is 11.8 Å². The SMILES string of the molecule is CCc1ccc(F)c(CSC)c1. The molecule has 0 spiro atoms. The summed E-state index contributed by atoms with van der Waals surface area (Å²) in [5.74, 6) is 0.682. The number of halogens is 1. The first kappa shape index (κ1) is 9.59. The van der Waals surface area contributed by atoms with Gasteiger partial charge in [0, 0.05) is 5.75 Å². The van der Waals surface area contributed by atoms with E-state index >= 15 is 0 Å². The van der Waals surface area contributed by atoms with Crippen molar-refractivity contribution in [2.45, 2.75) is 19.1 Å². The van der Waals surface area contributed by atoms with Gasteiger partial charge in [-0.1, -0.05) is 19.1 Å². The molecular formula is C10H13FS. The molecule has 0 amide bonds. The van der Waals surface area contributed by atoms with Crippen LogP contribution in [0.5, 0.6) is 0 Å². The number of rotatable bonds is 3. The number of benzene rings is 1. The molecule has 0 aromatic heterocycles. The van der Waals surface area contributed by atoms with Crippen molar-refractivity contribution >= 4 is 11.8 Å². The van der Waals surface area contributed by atoms with E-state index in [1.54, 1.807) is 17.8 Å². The molecule has 0 aliphatic rings. The molecule has 0 bridgehead atoms. The molecule has 12 heavy (non-hydrogen) atoms. The summed E-state index contributed by atoms with van der Waals surface area (Å²) in [6, 6.07) is 5.36. The van der Waals surface area contributed by atoms with Crippen molar-refractivity contribution in [1.29, 1.82) is 0 Å². The molecule has 0 aliphatic carbocycles. The number of hydrogen-bond donors (Lipinski definition) is 0. The third-order valence-electron chi connectivity index (χ3n) is 1.82. The lowest BCUT2D eigenvalue weighted by molar-refractivity contribution is 0.616. The van der Waals surface area contributed by atoms with Crippen LogP contribution in [-0.4, -0.2) is 6.26 Å². The second-order valence-electron chi connectivity index (χ2n) is 2.71. The van der Waals surface area contributed by atoms with Gasteiger partial charge in [-0.2, -0.15) is 11.8 Å². The zero-order valence-electron chi connectivity index (χ0n) is 7.43. The highest BCUT2D eigenvalue weighted by atomic mass is 32.2. The maximum absolute atomic E-state index is 13.1. The Morgan fingerprint density at radius 2 is 2.17 bits per heavy atom. The summed E-state index contributed by atoms with van der Waals surface area (Å²) < 4.78 is 13.1. The van der Waals surface area contributed by atoms with Crippen LogP contribution in [0, 0.1) is 5.82 Å². The van der Waals surface area contributed by atoms with Crippen LogP contribution in [0.15, 0.2) is 18.2 Å². The van der Waals surface area contributed by atoms with E-state index in [0.717, 1.165) is 17.7 Å². The van der Waals surface area contributed by atoms with E-state index in [9.17, 15) is 4.39 Å². The van der Waals surface area contributed by atoms with E-state index < -0.39 is 0 Å². The predicted molar refractivity (Wildman–Crippen MR) is 53.0 cm³/mol. The topological polar surface area (TPSA) is 0 Å². The predicted octanol–water partition coefficient (Wildman–Crippen LogP) is 3.25. The summed E-state index contributed by atoms with van der Waals surface area (Å²) in [6.07, 6.45) is 2.96. The van der Waals surface area contributed by atoms with E-state index in [0.29, 0.717) is 0 Å². The highest BCUT2D eigenvalue weighted by molar-refractivity contribution is 7.97. The van der Waals surface area contributed by atoms with Gasteiger partial charge in [0.15, 0.2) is 0 Å². The van der Waals surface area contributed by atoms with E-state index in [4.69, 9.17) is 0 Å². The first-order valence-corrected chi connectivity index (χ1v) is 5.43. The molecular weight excluding hydrogens is 171 g/mol. The van der Waals surface area contributed by atoms with Gasteiger partial charge in [0.1, 0.15) is 5.82 Å². The fourth-order valence-electron chi connectivity index (χ4n) is 1.11. The average Bonchev–Trinajstić information content (AvgIpc) is 2.09. The fraction of sp³-hybridized carbons (Fsp3) is 0.400. The zero-order valence-corrected chi connectivity index (χ0v) is 8.25. The molecule has 0 unspecified atom stereocenters. The van der Waals surface area contributed by atoms with Gasteiger partial charge in [-0.15, -0.1) is 0 Å². The lowest BCUT2D eigenvalue weighted by Gasteiger charge is -2.03. The second kappa shape index (κ2) is 4.51. The van der Waals surface area contributed by atoms with Gasteiger partial charge in [-0.25, -0.2) is 4.39 Å². The molecule has 0 saturated carbocycles. The Kier molecular flexibility index (Phi) is 3.60. The van der Waals surface area contributed by atoms with Crippen molar-refractivity contribution in [2.24, 2.45) is 0 Å². The van der Waals surface area contributed by atoms with Crippen LogP contribution in [0.4, 0.5) is 4.39 Å². The molecule has 0 nitrogen and oxygen atoms in total. The molecule has 0 N–H and O–H groups in total.